The Balaban J connectivity index is 2.23. The average molecular weight is 291 g/mol. The van der Waals surface area contributed by atoms with Crippen LogP contribution in [0.2, 0.25) is 0 Å². The number of nitrogens with zero attached hydrogens (tertiary/aromatic N) is 2. The van der Waals surface area contributed by atoms with E-state index in [1.54, 1.807) is 6.07 Å². The van der Waals surface area contributed by atoms with E-state index >= 15 is 0 Å². The molecule has 0 aromatic heterocycles. The average Bonchev–Trinajstić information content (AvgIpc) is 2.47. The SMILES string of the molecule is CCOC(=O)c1cc(N)ccc1N(C)C1CCN(C)CC1. The first-order valence-electron chi connectivity index (χ1n) is 7.51. The summed E-state index contributed by atoms with van der Waals surface area (Å²) in [4.78, 5) is 16.7. The summed E-state index contributed by atoms with van der Waals surface area (Å²) in [5, 5.41) is 0. The van der Waals surface area contributed by atoms with Gasteiger partial charge in [-0.2, -0.15) is 0 Å². The summed E-state index contributed by atoms with van der Waals surface area (Å²) in [6.45, 7) is 4.34. The third-order valence-electron chi connectivity index (χ3n) is 4.13. The van der Waals surface area contributed by atoms with Gasteiger partial charge in [-0.05, 0) is 58.1 Å². The van der Waals surface area contributed by atoms with Crippen LogP contribution < -0.4 is 10.6 Å². The zero-order chi connectivity index (χ0) is 15.4. The van der Waals surface area contributed by atoms with E-state index in [-0.39, 0.29) is 5.97 Å². The van der Waals surface area contributed by atoms with Gasteiger partial charge < -0.3 is 20.3 Å². The summed E-state index contributed by atoms with van der Waals surface area (Å²) in [7, 11) is 4.19. The monoisotopic (exact) mass is 291 g/mol. The molecule has 0 atom stereocenters. The van der Waals surface area contributed by atoms with Gasteiger partial charge in [0.15, 0.2) is 0 Å². The van der Waals surface area contributed by atoms with Gasteiger partial charge in [0.2, 0.25) is 0 Å². The molecule has 2 N–H and O–H groups in total. The Bertz CT molecular complexity index is 496. The standard InChI is InChI=1S/C16H25N3O2/c1-4-21-16(20)14-11-12(17)5-6-15(14)19(3)13-7-9-18(2)10-8-13/h5-6,11,13H,4,7-10,17H2,1-3H3. The first kappa shape index (κ1) is 15.6. The minimum absolute atomic E-state index is 0.306. The number of nitrogens with two attached hydrogens (primary N) is 1. The van der Waals surface area contributed by atoms with Crippen molar-refractivity contribution in [1.29, 1.82) is 0 Å². The van der Waals surface area contributed by atoms with Crippen LogP contribution in [0.5, 0.6) is 0 Å². The van der Waals surface area contributed by atoms with Crippen LogP contribution in [0, 0.1) is 0 Å². The fraction of sp³-hybridized carbons (Fsp3) is 0.562. The van der Waals surface area contributed by atoms with Crippen molar-refractivity contribution in [3.8, 4) is 0 Å². The van der Waals surface area contributed by atoms with E-state index in [9.17, 15) is 4.79 Å². The van der Waals surface area contributed by atoms with Gasteiger partial charge in [-0.25, -0.2) is 4.79 Å². The topological polar surface area (TPSA) is 58.8 Å². The fourth-order valence-electron chi connectivity index (χ4n) is 2.81. The molecule has 0 unspecified atom stereocenters. The van der Waals surface area contributed by atoms with E-state index in [0.717, 1.165) is 31.6 Å². The second-order valence-electron chi connectivity index (χ2n) is 5.64. The molecular weight excluding hydrogens is 266 g/mol. The van der Waals surface area contributed by atoms with Gasteiger partial charge in [-0.1, -0.05) is 0 Å². The number of benzene rings is 1. The molecule has 0 radical (unpaired) electrons. The van der Waals surface area contributed by atoms with E-state index in [1.807, 2.05) is 26.1 Å². The van der Waals surface area contributed by atoms with Crippen LogP contribution >= 0.6 is 0 Å². The third-order valence-corrected chi connectivity index (χ3v) is 4.13. The van der Waals surface area contributed by atoms with Gasteiger partial charge in [0, 0.05) is 18.8 Å². The molecule has 1 aromatic rings. The van der Waals surface area contributed by atoms with Crippen LogP contribution in [-0.4, -0.2) is 50.7 Å². The number of carbonyl (C=O) groups excluding carboxylic acids is 1. The second-order valence-corrected chi connectivity index (χ2v) is 5.64. The molecule has 5 heteroatoms. The smallest absolute Gasteiger partial charge is 0.340 e. The molecule has 1 aromatic carbocycles. The van der Waals surface area contributed by atoms with E-state index < -0.39 is 0 Å². The maximum absolute atomic E-state index is 12.1. The summed E-state index contributed by atoms with van der Waals surface area (Å²) in [5.74, 6) is -0.306. The minimum atomic E-state index is -0.306. The van der Waals surface area contributed by atoms with E-state index in [1.165, 1.54) is 0 Å². The molecule has 5 nitrogen and oxygen atoms in total. The number of nitrogen functional groups attached to an aromatic ring is 1. The predicted molar refractivity (Wildman–Crippen MR) is 85.7 cm³/mol. The molecule has 1 heterocycles. The number of carbonyl (C=O) groups is 1. The van der Waals surface area contributed by atoms with Crippen molar-refractivity contribution in [2.75, 3.05) is 44.4 Å². The lowest BCUT2D eigenvalue weighted by Crippen LogP contribution is -2.42. The molecule has 2 rings (SSSR count). The van der Waals surface area contributed by atoms with Crippen molar-refractivity contribution in [3.05, 3.63) is 23.8 Å². The summed E-state index contributed by atoms with van der Waals surface area (Å²) in [5.41, 5.74) is 7.86. The van der Waals surface area contributed by atoms with Crippen molar-refractivity contribution in [3.63, 3.8) is 0 Å². The number of hydrogen-bond acceptors (Lipinski definition) is 5. The molecule has 0 saturated carbocycles. The Labute approximate surface area is 126 Å². The maximum atomic E-state index is 12.1. The van der Waals surface area contributed by atoms with Crippen LogP contribution in [0.25, 0.3) is 0 Å². The lowest BCUT2D eigenvalue weighted by atomic mass is 10.0. The molecule has 0 amide bonds. The Morgan fingerprint density at radius 3 is 2.71 bits per heavy atom. The van der Waals surface area contributed by atoms with Gasteiger partial charge in [0.1, 0.15) is 0 Å². The Morgan fingerprint density at radius 2 is 2.10 bits per heavy atom. The summed E-state index contributed by atoms with van der Waals surface area (Å²) in [6.07, 6.45) is 2.19. The van der Waals surface area contributed by atoms with E-state index in [0.29, 0.717) is 23.9 Å². The Hall–Kier alpha value is -1.75. The maximum Gasteiger partial charge on any atom is 0.340 e. The van der Waals surface area contributed by atoms with Gasteiger partial charge in [-0.3, -0.25) is 0 Å². The molecule has 0 spiro atoms. The molecule has 0 aliphatic carbocycles. The number of hydrogen-bond donors (Lipinski definition) is 1. The largest absolute Gasteiger partial charge is 0.462 e. The van der Waals surface area contributed by atoms with Crippen LogP contribution in [0.15, 0.2) is 18.2 Å². The first-order valence-corrected chi connectivity index (χ1v) is 7.51. The highest BCUT2D eigenvalue weighted by molar-refractivity contribution is 5.97. The van der Waals surface area contributed by atoms with Crippen molar-refractivity contribution >= 4 is 17.3 Å². The molecule has 1 aliphatic rings. The molecule has 1 fully saturated rings. The number of anilines is 2. The molecule has 21 heavy (non-hydrogen) atoms. The second kappa shape index (κ2) is 6.80. The van der Waals surface area contributed by atoms with Crippen LogP contribution in [0.4, 0.5) is 11.4 Å². The number of rotatable bonds is 4. The summed E-state index contributed by atoms with van der Waals surface area (Å²) < 4.78 is 5.15. The lowest BCUT2D eigenvalue weighted by molar-refractivity contribution is 0.0527. The normalized spacial score (nSPS) is 16.7. The quantitative estimate of drug-likeness (QED) is 0.679. The first-order chi connectivity index (χ1) is 10.0. The zero-order valence-corrected chi connectivity index (χ0v) is 13.1. The van der Waals surface area contributed by atoms with Crippen LogP contribution in [0.1, 0.15) is 30.1 Å². The van der Waals surface area contributed by atoms with Crippen molar-refractivity contribution in [2.45, 2.75) is 25.8 Å². The van der Waals surface area contributed by atoms with Crippen LogP contribution in [0.3, 0.4) is 0 Å². The van der Waals surface area contributed by atoms with E-state index in [4.69, 9.17) is 10.5 Å². The lowest BCUT2D eigenvalue weighted by Gasteiger charge is -2.37. The number of likely N-dealkylation sites (tertiary alicyclic amines) is 1. The molecular formula is C16H25N3O2. The van der Waals surface area contributed by atoms with Crippen molar-refractivity contribution in [2.24, 2.45) is 0 Å². The molecule has 1 saturated heterocycles. The zero-order valence-electron chi connectivity index (χ0n) is 13.1. The Morgan fingerprint density at radius 1 is 1.43 bits per heavy atom. The molecule has 1 aliphatic heterocycles. The van der Waals surface area contributed by atoms with Gasteiger partial charge in [0.25, 0.3) is 0 Å². The summed E-state index contributed by atoms with van der Waals surface area (Å²) in [6, 6.07) is 5.90. The number of esters is 1. The fourth-order valence-corrected chi connectivity index (χ4v) is 2.81. The van der Waals surface area contributed by atoms with Crippen molar-refractivity contribution in [1.82, 2.24) is 4.90 Å². The third kappa shape index (κ3) is 3.67. The highest BCUT2D eigenvalue weighted by atomic mass is 16.5. The Kier molecular flexibility index (Phi) is 5.07. The summed E-state index contributed by atoms with van der Waals surface area (Å²) >= 11 is 0. The van der Waals surface area contributed by atoms with Gasteiger partial charge in [0.05, 0.1) is 17.9 Å². The molecule has 0 bridgehead atoms. The molecule has 116 valence electrons. The highest BCUT2D eigenvalue weighted by Crippen LogP contribution is 2.27. The van der Waals surface area contributed by atoms with Gasteiger partial charge >= 0.3 is 5.97 Å². The van der Waals surface area contributed by atoms with E-state index in [2.05, 4.69) is 16.8 Å². The van der Waals surface area contributed by atoms with Gasteiger partial charge in [-0.15, -0.1) is 0 Å². The minimum Gasteiger partial charge on any atom is -0.462 e. The number of ether oxygens (including phenoxy) is 1. The highest BCUT2D eigenvalue weighted by Gasteiger charge is 2.24. The van der Waals surface area contributed by atoms with Crippen molar-refractivity contribution < 1.29 is 9.53 Å². The predicted octanol–water partition coefficient (Wildman–Crippen LogP) is 1.98. The van der Waals surface area contributed by atoms with Crippen LogP contribution in [-0.2, 0) is 4.74 Å². The number of piperidine rings is 1.